The van der Waals surface area contributed by atoms with Gasteiger partial charge in [-0.05, 0) is 13.0 Å². The molecule has 1 N–H and O–H groups in total. The summed E-state index contributed by atoms with van der Waals surface area (Å²) in [6, 6.07) is 0. The lowest BCUT2D eigenvalue weighted by Crippen LogP contribution is -2.09. The average molecular weight is 220 g/mol. The highest BCUT2D eigenvalue weighted by molar-refractivity contribution is 6.30. The summed E-state index contributed by atoms with van der Waals surface area (Å²) in [5.74, 6) is 1.38. The maximum absolute atomic E-state index is 5.68. The molecule has 1 aromatic rings. The van der Waals surface area contributed by atoms with E-state index in [1.807, 2.05) is 0 Å². The lowest BCUT2D eigenvalue weighted by Gasteiger charge is -2.04. The molecule has 1 aromatic heterocycles. The van der Waals surface area contributed by atoms with Crippen molar-refractivity contribution in [3.05, 3.63) is 23.2 Å². The van der Waals surface area contributed by atoms with Crippen molar-refractivity contribution in [1.82, 2.24) is 15.3 Å². The summed E-state index contributed by atoms with van der Waals surface area (Å²) >= 11 is 5.68. The van der Waals surface area contributed by atoms with Gasteiger partial charge in [0.15, 0.2) is 0 Å². The largest absolute Gasteiger partial charge is 0.316 e. The van der Waals surface area contributed by atoms with Crippen molar-refractivity contribution in [2.45, 2.75) is 12.3 Å². The molecule has 0 aromatic carbocycles. The predicted molar refractivity (Wildman–Crippen MR) is 54.5 cm³/mol. The SMILES string of the molecule is Cl.Clc1cnc(C2CCNC2)nc1. The van der Waals surface area contributed by atoms with Gasteiger partial charge in [0, 0.05) is 24.9 Å². The van der Waals surface area contributed by atoms with Crippen LogP contribution in [0.5, 0.6) is 0 Å². The van der Waals surface area contributed by atoms with Crippen LogP contribution in [0, 0.1) is 0 Å². The number of hydrogen-bond acceptors (Lipinski definition) is 3. The van der Waals surface area contributed by atoms with Crippen molar-refractivity contribution in [2.75, 3.05) is 13.1 Å². The summed E-state index contributed by atoms with van der Waals surface area (Å²) in [6.07, 6.45) is 4.44. The lowest BCUT2D eigenvalue weighted by molar-refractivity contribution is 0.701. The molecule has 1 aliphatic heterocycles. The van der Waals surface area contributed by atoms with E-state index >= 15 is 0 Å². The Kier molecular flexibility index (Phi) is 3.90. The smallest absolute Gasteiger partial charge is 0.132 e. The van der Waals surface area contributed by atoms with Gasteiger partial charge in [-0.15, -0.1) is 12.4 Å². The summed E-state index contributed by atoms with van der Waals surface area (Å²) in [4.78, 5) is 8.35. The second kappa shape index (κ2) is 4.74. The van der Waals surface area contributed by atoms with E-state index < -0.39 is 0 Å². The van der Waals surface area contributed by atoms with E-state index in [4.69, 9.17) is 11.6 Å². The fraction of sp³-hybridized carbons (Fsp3) is 0.500. The molecule has 1 aliphatic rings. The molecule has 1 atom stereocenters. The van der Waals surface area contributed by atoms with Crippen LogP contribution >= 0.6 is 24.0 Å². The van der Waals surface area contributed by atoms with E-state index in [0.717, 1.165) is 25.3 Å². The fourth-order valence-electron chi connectivity index (χ4n) is 1.41. The van der Waals surface area contributed by atoms with Crippen molar-refractivity contribution < 1.29 is 0 Å². The first-order chi connectivity index (χ1) is 5.86. The van der Waals surface area contributed by atoms with Crippen molar-refractivity contribution in [1.29, 1.82) is 0 Å². The Labute approximate surface area is 88.3 Å². The highest BCUT2D eigenvalue weighted by Gasteiger charge is 2.18. The van der Waals surface area contributed by atoms with Crippen LogP contribution in [0.4, 0.5) is 0 Å². The topological polar surface area (TPSA) is 37.8 Å². The molecule has 1 unspecified atom stereocenters. The van der Waals surface area contributed by atoms with Gasteiger partial charge in [0.25, 0.3) is 0 Å². The second-order valence-corrected chi connectivity index (χ2v) is 3.39. The average Bonchev–Trinajstić information content (AvgIpc) is 2.58. The van der Waals surface area contributed by atoms with E-state index in [1.54, 1.807) is 12.4 Å². The minimum Gasteiger partial charge on any atom is -0.316 e. The van der Waals surface area contributed by atoms with Crippen molar-refractivity contribution in [3.63, 3.8) is 0 Å². The van der Waals surface area contributed by atoms with Gasteiger partial charge in [0.2, 0.25) is 0 Å². The molecule has 2 rings (SSSR count). The third kappa shape index (κ3) is 2.53. The molecule has 2 heterocycles. The van der Waals surface area contributed by atoms with Crippen LogP contribution in [-0.4, -0.2) is 23.1 Å². The monoisotopic (exact) mass is 219 g/mol. The van der Waals surface area contributed by atoms with Crippen LogP contribution in [0.2, 0.25) is 5.02 Å². The van der Waals surface area contributed by atoms with E-state index in [2.05, 4.69) is 15.3 Å². The Hall–Kier alpha value is -0.380. The maximum Gasteiger partial charge on any atom is 0.132 e. The molecule has 13 heavy (non-hydrogen) atoms. The van der Waals surface area contributed by atoms with Gasteiger partial charge in [0.05, 0.1) is 5.02 Å². The molecule has 0 saturated carbocycles. The number of rotatable bonds is 1. The van der Waals surface area contributed by atoms with Crippen LogP contribution < -0.4 is 5.32 Å². The zero-order chi connectivity index (χ0) is 8.39. The van der Waals surface area contributed by atoms with E-state index in [0.29, 0.717) is 10.9 Å². The predicted octanol–water partition coefficient (Wildman–Crippen LogP) is 1.63. The van der Waals surface area contributed by atoms with E-state index in [1.165, 1.54) is 0 Å². The second-order valence-electron chi connectivity index (χ2n) is 2.95. The maximum atomic E-state index is 5.68. The third-order valence-electron chi connectivity index (χ3n) is 2.07. The molecular weight excluding hydrogens is 209 g/mol. The summed E-state index contributed by atoms with van der Waals surface area (Å²) in [5.41, 5.74) is 0. The molecule has 1 saturated heterocycles. The van der Waals surface area contributed by atoms with Crippen LogP contribution in [0.1, 0.15) is 18.2 Å². The van der Waals surface area contributed by atoms with Crippen molar-refractivity contribution in [2.24, 2.45) is 0 Å². The zero-order valence-electron chi connectivity index (χ0n) is 7.03. The molecule has 0 amide bonds. The third-order valence-corrected chi connectivity index (χ3v) is 2.26. The Morgan fingerprint density at radius 1 is 1.38 bits per heavy atom. The number of nitrogens with one attached hydrogen (secondary N) is 1. The van der Waals surface area contributed by atoms with Crippen LogP contribution in [-0.2, 0) is 0 Å². The molecule has 5 heteroatoms. The number of hydrogen-bond donors (Lipinski definition) is 1. The van der Waals surface area contributed by atoms with Crippen LogP contribution in [0.25, 0.3) is 0 Å². The number of aromatic nitrogens is 2. The lowest BCUT2D eigenvalue weighted by atomic mass is 10.1. The van der Waals surface area contributed by atoms with Gasteiger partial charge < -0.3 is 5.32 Å². The standard InChI is InChI=1S/C8H10ClN3.ClH/c9-7-4-11-8(12-5-7)6-1-2-10-3-6;/h4-6,10H,1-3H2;1H. The first-order valence-electron chi connectivity index (χ1n) is 4.04. The molecule has 0 spiro atoms. The summed E-state index contributed by atoms with van der Waals surface area (Å²) in [5, 5.41) is 3.87. The summed E-state index contributed by atoms with van der Waals surface area (Å²) in [7, 11) is 0. The molecule has 72 valence electrons. The molecule has 0 radical (unpaired) electrons. The normalized spacial score (nSPS) is 21.2. The van der Waals surface area contributed by atoms with Gasteiger partial charge in [-0.1, -0.05) is 11.6 Å². The Balaban J connectivity index is 0.000000845. The molecule has 0 bridgehead atoms. The van der Waals surface area contributed by atoms with Crippen LogP contribution in [0.15, 0.2) is 12.4 Å². The van der Waals surface area contributed by atoms with E-state index in [-0.39, 0.29) is 12.4 Å². The summed E-state index contributed by atoms with van der Waals surface area (Å²) in [6.45, 7) is 2.05. The van der Waals surface area contributed by atoms with Crippen LogP contribution in [0.3, 0.4) is 0 Å². The van der Waals surface area contributed by atoms with E-state index in [9.17, 15) is 0 Å². The minimum atomic E-state index is 0. The van der Waals surface area contributed by atoms with Crippen molar-refractivity contribution in [3.8, 4) is 0 Å². The Morgan fingerprint density at radius 3 is 2.62 bits per heavy atom. The van der Waals surface area contributed by atoms with Gasteiger partial charge in [-0.3, -0.25) is 0 Å². The molecular formula is C8H11Cl2N3. The summed E-state index contributed by atoms with van der Waals surface area (Å²) < 4.78 is 0. The fourth-order valence-corrected chi connectivity index (χ4v) is 1.51. The molecule has 1 fully saturated rings. The number of halogens is 2. The first-order valence-corrected chi connectivity index (χ1v) is 4.42. The quantitative estimate of drug-likeness (QED) is 0.781. The van der Waals surface area contributed by atoms with Gasteiger partial charge in [0.1, 0.15) is 5.82 Å². The van der Waals surface area contributed by atoms with Gasteiger partial charge >= 0.3 is 0 Å². The Morgan fingerprint density at radius 2 is 2.08 bits per heavy atom. The number of nitrogens with zero attached hydrogens (tertiary/aromatic N) is 2. The zero-order valence-corrected chi connectivity index (χ0v) is 8.61. The van der Waals surface area contributed by atoms with Crippen molar-refractivity contribution >= 4 is 24.0 Å². The highest BCUT2D eigenvalue weighted by atomic mass is 35.5. The first kappa shape index (κ1) is 10.7. The van der Waals surface area contributed by atoms with Gasteiger partial charge in [-0.25, -0.2) is 9.97 Å². The highest BCUT2D eigenvalue weighted by Crippen LogP contribution is 2.18. The molecule has 0 aliphatic carbocycles. The van der Waals surface area contributed by atoms with Gasteiger partial charge in [-0.2, -0.15) is 0 Å². The molecule has 3 nitrogen and oxygen atoms in total. The Bertz CT molecular complexity index is 257. The minimum absolute atomic E-state index is 0.